The van der Waals surface area contributed by atoms with Gasteiger partial charge in [0.05, 0.1) is 9.82 Å². The fourth-order valence-corrected chi connectivity index (χ4v) is 1.71. The molecule has 88 valence electrons. The molecule has 0 aliphatic heterocycles. The van der Waals surface area contributed by atoms with Gasteiger partial charge in [0.25, 0.3) is 5.69 Å². The minimum absolute atomic E-state index is 0. The SMILES string of the molecule is CS(=O)(=O)c1ccc(C(=O)O)c([N+](=O)[O-])c1.[H-].[Na+]. The first-order chi connectivity index (χ1) is 7.23. The summed E-state index contributed by atoms with van der Waals surface area (Å²) in [5.41, 5.74) is -1.28. The second-order valence-corrected chi connectivity index (χ2v) is 5.03. The maximum atomic E-state index is 11.1. The number of carboxylic acid groups (broad SMARTS) is 1. The zero-order chi connectivity index (χ0) is 12.5. The maximum absolute atomic E-state index is 11.1. The van der Waals surface area contributed by atoms with E-state index in [9.17, 15) is 23.3 Å². The van der Waals surface area contributed by atoms with Crippen LogP contribution in [-0.4, -0.2) is 30.7 Å². The van der Waals surface area contributed by atoms with Gasteiger partial charge in [0.15, 0.2) is 9.84 Å². The number of nitrogens with zero attached hydrogens (tertiary/aromatic N) is 1. The molecule has 0 radical (unpaired) electrons. The van der Waals surface area contributed by atoms with Crippen LogP contribution in [-0.2, 0) is 9.84 Å². The van der Waals surface area contributed by atoms with Gasteiger partial charge >= 0.3 is 35.5 Å². The molecule has 0 aliphatic rings. The fourth-order valence-electron chi connectivity index (χ4n) is 1.07. The van der Waals surface area contributed by atoms with Crippen molar-refractivity contribution in [2.75, 3.05) is 6.26 Å². The summed E-state index contributed by atoms with van der Waals surface area (Å²) in [7, 11) is -3.60. The Labute approximate surface area is 120 Å². The Hall–Kier alpha value is -0.960. The zero-order valence-corrected chi connectivity index (χ0v) is 11.9. The Morgan fingerprint density at radius 2 is 2.00 bits per heavy atom. The number of sulfone groups is 1. The topological polar surface area (TPSA) is 115 Å². The monoisotopic (exact) mass is 269 g/mol. The van der Waals surface area contributed by atoms with Gasteiger partial charge < -0.3 is 6.53 Å². The van der Waals surface area contributed by atoms with E-state index in [0.29, 0.717) is 0 Å². The van der Waals surface area contributed by atoms with Crippen molar-refractivity contribution >= 4 is 21.5 Å². The molecule has 1 aromatic rings. The summed E-state index contributed by atoms with van der Waals surface area (Å²) in [5.74, 6) is -1.48. The smallest absolute Gasteiger partial charge is 1.00 e. The van der Waals surface area contributed by atoms with E-state index in [0.717, 1.165) is 24.5 Å². The van der Waals surface area contributed by atoms with Crippen molar-refractivity contribution in [3.63, 3.8) is 0 Å². The van der Waals surface area contributed by atoms with Crippen LogP contribution in [0.3, 0.4) is 0 Å². The second kappa shape index (κ2) is 5.58. The molecule has 0 aromatic heterocycles. The predicted octanol–water partition coefficient (Wildman–Crippen LogP) is -2.19. The summed E-state index contributed by atoms with van der Waals surface area (Å²) in [6, 6.07) is 2.65. The van der Waals surface area contributed by atoms with Crippen molar-refractivity contribution < 1.29 is 54.2 Å². The van der Waals surface area contributed by atoms with Gasteiger partial charge in [-0.05, 0) is 12.1 Å². The van der Waals surface area contributed by atoms with Crippen molar-refractivity contribution in [2.45, 2.75) is 4.90 Å². The third-order valence-corrected chi connectivity index (χ3v) is 2.93. The van der Waals surface area contributed by atoms with Gasteiger partial charge in [-0.15, -0.1) is 0 Å². The number of benzene rings is 1. The molecule has 0 spiro atoms. The number of rotatable bonds is 3. The molecule has 1 N–H and O–H groups in total. The van der Waals surface area contributed by atoms with Crippen LogP contribution in [0.4, 0.5) is 5.69 Å². The first kappa shape index (κ1) is 16.0. The molecule has 0 fully saturated rings. The third kappa shape index (κ3) is 3.77. The number of nitro benzene ring substituents is 1. The van der Waals surface area contributed by atoms with Crippen LogP contribution in [0, 0.1) is 10.1 Å². The standard InChI is InChI=1S/C8H7NO6S.Na.H/c1-16(14,15)5-2-3-6(8(10)11)7(4-5)9(12)13;;/h2-4H,1H3,(H,10,11);;/q;+1;-1. The summed E-state index contributed by atoms with van der Waals surface area (Å²) in [4.78, 5) is 20.0. The molecule has 17 heavy (non-hydrogen) atoms. The van der Waals surface area contributed by atoms with E-state index < -0.39 is 32.0 Å². The van der Waals surface area contributed by atoms with E-state index >= 15 is 0 Å². The first-order valence-corrected chi connectivity index (χ1v) is 5.84. The Morgan fingerprint density at radius 3 is 2.35 bits per heavy atom. The van der Waals surface area contributed by atoms with Crippen molar-refractivity contribution in [3.05, 3.63) is 33.9 Å². The van der Waals surface area contributed by atoms with Crippen molar-refractivity contribution in [2.24, 2.45) is 0 Å². The predicted molar refractivity (Wildman–Crippen MR) is 54.3 cm³/mol. The molecular weight excluding hydrogens is 261 g/mol. The molecule has 0 bridgehead atoms. The summed E-state index contributed by atoms with van der Waals surface area (Å²) in [6.45, 7) is 0. The van der Waals surface area contributed by atoms with E-state index in [2.05, 4.69) is 0 Å². The van der Waals surface area contributed by atoms with Crippen molar-refractivity contribution in [1.82, 2.24) is 0 Å². The van der Waals surface area contributed by atoms with Gasteiger partial charge in [0.2, 0.25) is 0 Å². The molecular formula is C8H8NNaO6S. The molecule has 0 heterocycles. The van der Waals surface area contributed by atoms with E-state index in [4.69, 9.17) is 5.11 Å². The van der Waals surface area contributed by atoms with Gasteiger partial charge in [-0.2, -0.15) is 0 Å². The average Bonchev–Trinajstić information content (AvgIpc) is 2.15. The van der Waals surface area contributed by atoms with Gasteiger partial charge in [-0.1, -0.05) is 0 Å². The Kier molecular flexibility index (Phi) is 5.27. The van der Waals surface area contributed by atoms with Crippen LogP contribution in [0.2, 0.25) is 0 Å². The Morgan fingerprint density at radius 1 is 1.47 bits per heavy atom. The van der Waals surface area contributed by atoms with E-state index in [1.165, 1.54) is 0 Å². The molecule has 1 rings (SSSR count). The summed E-state index contributed by atoms with van der Waals surface area (Å²) < 4.78 is 22.2. The molecule has 0 atom stereocenters. The van der Waals surface area contributed by atoms with Crippen LogP contribution in [0.15, 0.2) is 23.1 Å². The van der Waals surface area contributed by atoms with Crippen LogP contribution in [0.5, 0.6) is 0 Å². The number of hydrogen-bond donors (Lipinski definition) is 1. The normalized spacial score (nSPS) is 10.4. The molecule has 9 heteroatoms. The van der Waals surface area contributed by atoms with E-state index in [1.54, 1.807) is 0 Å². The first-order valence-electron chi connectivity index (χ1n) is 3.95. The largest absolute Gasteiger partial charge is 1.00 e. The molecule has 0 aliphatic carbocycles. The van der Waals surface area contributed by atoms with Gasteiger partial charge in [-0.25, -0.2) is 13.2 Å². The quantitative estimate of drug-likeness (QED) is 0.379. The minimum Gasteiger partial charge on any atom is -1.00 e. The summed E-state index contributed by atoms with van der Waals surface area (Å²) >= 11 is 0. The zero-order valence-electron chi connectivity index (χ0n) is 10.1. The van der Waals surface area contributed by atoms with Crippen LogP contribution >= 0.6 is 0 Å². The van der Waals surface area contributed by atoms with Gasteiger partial charge in [-0.3, -0.25) is 10.1 Å². The molecule has 0 amide bonds. The number of carboxylic acids is 1. The molecule has 1 aromatic carbocycles. The second-order valence-electron chi connectivity index (χ2n) is 3.01. The number of carbonyl (C=O) groups is 1. The van der Waals surface area contributed by atoms with Gasteiger partial charge in [0.1, 0.15) is 5.56 Å². The van der Waals surface area contributed by atoms with E-state index in [1.807, 2.05) is 0 Å². The molecule has 0 unspecified atom stereocenters. The molecule has 0 saturated heterocycles. The molecule has 7 nitrogen and oxygen atoms in total. The third-order valence-electron chi connectivity index (χ3n) is 1.82. The van der Waals surface area contributed by atoms with Crippen LogP contribution in [0.25, 0.3) is 0 Å². The average molecular weight is 269 g/mol. The number of hydrogen-bond acceptors (Lipinski definition) is 5. The van der Waals surface area contributed by atoms with Crippen LogP contribution in [0.1, 0.15) is 11.8 Å². The maximum Gasteiger partial charge on any atom is 1.00 e. The van der Waals surface area contributed by atoms with E-state index in [-0.39, 0.29) is 35.9 Å². The van der Waals surface area contributed by atoms with Crippen molar-refractivity contribution in [3.8, 4) is 0 Å². The Bertz CT molecular complexity index is 573. The fraction of sp³-hybridized carbons (Fsp3) is 0.125. The molecule has 0 saturated carbocycles. The van der Waals surface area contributed by atoms with Crippen LogP contribution < -0.4 is 29.6 Å². The number of aromatic carboxylic acids is 1. The Balaban J connectivity index is 0. The van der Waals surface area contributed by atoms with Gasteiger partial charge in [0, 0.05) is 12.3 Å². The summed E-state index contributed by atoms with van der Waals surface area (Å²) in [6.07, 6.45) is 0.881. The van der Waals surface area contributed by atoms with Crippen molar-refractivity contribution in [1.29, 1.82) is 0 Å². The number of nitro groups is 1. The summed E-state index contributed by atoms with van der Waals surface area (Å²) in [5, 5.41) is 19.2. The minimum atomic E-state index is -3.60.